The summed E-state index contributed by atoms with van der Waals surface area (Å²) in [4.78, 5) is 1.08. The molecule has 0 aliphatic heterocycles. The van der Waals surface area contributed by atoms with E-state index >= 15 is 0 Å². The molecule has 0 bridgehead atoms. The third kappa shape index (κ3) is 2.75. The number of rotatable bonds is 3. The smallest absolute Gasteiger partial charge is 0.0940 e. The summed E-state index contributed by atoms with van der Waals surface area (Å²) in [7, 11) is 0. The molecule has 1 aromatic heterocycles. The van der Waals surface area contributed by atoms with Gasteiger partial charge >= 0.3 is 0 Å². The minimum absolute atomic E-state index is 0.0717. The van der Waals surface area contributed by atoms with Crippen molar-refractivity contribution < 1.29 is 5.11 Å². The molecule has 0 spiro atoms. The van der Waals surface area contributed by atoms with Gasteiger partial charge in [0.15, 0.2) is 0 Å². The lowest BCUT2D eigenvalue weighted by Crippen LogP contribution is -1.85. The highest BCUT2D eigenvalue weighted by Crippen LogP contribution is 2.36. The predicted molar refractivity (Wildman–Crippen MR) is 65.8 cm³/mol. The zero-order valence-electron chi connectivity index (χ0n) is 7.81. The Labute approximate surface area is 102 Å². The van der Waals surface area contributed by atoms with Crippen molar-refractivity contribution in [2.75, 3.05) is 0 Å². The molecule has 2 aromatic rings. The van der Waals surface area contributed by atoms with E-state index < -0.39 is 0 Å². The third-order valence-electron chi connectivity index (χ3n) is 1.90. The Hall–Kier alpha value is -0.480. The van der Waals surface area contributed by atoms with Crippen molar-refractivity contribution in [3.8, 4) is 0 Å². The lowest BCUT2D eigenvalue weighted by molar-refractivity contribution is 0.279. The van der Waals surface area contributed by atoms with Crippen molar-refractivity contribution in [2.24, 2.45) is 0 Å². The summed E-state index contributed by atoms with van der Waals surface area (Å²) in [6, 6.07) is 11.7. The first-order valence-corrected chi connectivity index (χ1v) is 6.42. The second kappa shape index (κ2) is 5.03. The molecule has 0 amide bonds. The van der Waals surface area contributed by atoms with Crippen LogP contribution in [0.2, 0.25) is 4.34 Å². The fourth-order valence-electron chi connectivity index (χ4n) is 1.19. The molecule has 0 saturated heterocycles. The van der Waals surface area contributed by atoms with Gasteiger partial charge in [0.05, 0.1) is 15.2 Å². The standard InChI is InChI=1S/C11H9ClOS2/c12-10-5-6-11(15-10)14-9-4-2-1-3-8(9)7-13/h1-6,13H,7H2. The number of benzene rings is 1. The van der Waals surface area contributed by atoms with Crippen molar-refractivity contribution in [1.82, 2.24) is 0 Å². The van der Waals surface area contributed by atoms with Crippen molar-refractivity contribution in [3.63, 3.8) is 0 Å². The molecular formula is C11H9ClOS2. The van der Waals surface area contributed by atoms with Crippen LogP contribution in [0, 0.1) is 0 Å². The zero-order valence-corrected chi connectivity index (χ0v) is 10.2. The molecular weight excluding hydrogens is 248 g/mol. The van der Waals surface area contributed by atoms with Gasteiger partial charge in [0, 0.05) is 4.90 Å². The molecule has 15 heavy (non-hydrogen) atoms. The number of hydrogen-bond acceptors (Lipinski definition) is 3. The molecule has 0 aliphatic rings. The highest BCUT2D eigenvalue weighted by atomic mass is 35.5. The monoisotopic (exact) mass is 256 g/mol. The summed E-state index contributed by atoms with van der Waals surface area (Å²) >= 11 is 9.04. The molecule has 0 unspecified atom stereocenters. The molecule has 1 heterocycles. The average Bonchev–Trinajstić information content (AvgIpc) is 2.65. The van der Waals surface area contributed by atoms with Gasteiger partial charge in [-0.2, -0.15) is 0 Å². The minimum atomic E-state index is 0.0717. The van der Waals surface area contributed by atoms with E-state index in [1.54, 1.807) is 23.1 Å². The summed E-state index contributed by atoms with van der Waals surface area (Å²) in [5, 5.41) is 9.17. The van der Waals surface area contributed by atoms with Crippen LogP contribution < -0.4 is 0 Å². The lowest BCUT2D eigenvalue weighted by Gasteiger charge is -2.04. The summed E-state index contributed by atoms with van der Waals surface area (Å²) in [6.07, 6.45) is 0. The number of hydrogen-bond donors (Lipinski definition) is 1. The van der Waals surface area contributed by atoms with E-state index in [1.165, 1.54) is 0 Å². The van der Waals surface area contributed by atoms with Crippen LogP contribution in [0.15, 0.2) is 45.5 Å². The normalized spacial score (nSPS) is 10.5. The zero-order chi connectivity index (χ0) is 10.7. The van der Waals surface area contributed by atoms with Gasteiger partial charge in [-0.25, -0.2) is 0 Å². The second-order valence-electron chi connectivity index (χ2n) is 2.93. The van der Waals surface area contributed by atoms with Crippen LogP contribution in [0.25, 0.3) is 0 Å². The molecule has 78 valence electrons. The SMILES string of the molecule is OCc1ccccc1Sc1ccc(Cl)s1. The Kier molecular flexibility index (Phi) is 3.70. The summed E-state index contributed by atoms with van der Waals surface area (Å²) in [6.45, 7) is 0.0717. The Morgan fingerprint density at radius 1 is 1.20 bits per heavy atom. The quantitative estimate of drug-likeness (QED) is 0.894. The average molecular weight is 257 g/mol. The van der Waals surface area contributed by atoms with Crippen molar-refractivity contribution in [3.05, 3.63) is 46.3 Å². The van der Waals surface area contributed by atoms with Gasteiger partial charge < -0.3 is 5.11 Å². The Bertz CT molecular complexity index is 453. The van der Waals surface area contributed by atoms with Gasteiger partial charge in [-0.05, 0) is 23.8 Å². The minimum Gasteiger partial charge on any atom is -0.392 e. The van der Waals surface area contributed by atoms with E-state index in [4.69, 9.17) is 16.7 Å². The summed E-state index contributed by atoms with van der Waals surface area (Å²) < 4.78 is 1.93. The number of halogens is 1. The van der Waals surface area contributed by atoms with Crippen molar-refractivity contribution in [1.29, 1.82) is 0 Å². The Morgan fingerprint density at radius 2 is 2.00 bits per heavy atom. The van der Waals surface area contributed by atoms with Crippen LogP contribution in [-0.4, -0.2) is 5.11 Å². The molecule has 1 N–H and O–H groups in total. The van der Waals surface area contributed by atoms with Gasteiger partial charge in [-0.15, -0.1) is 11.3 Å². The first-order valence-electron chi connectivity index (χ1n) is 4.41. The molecule has 0 atom stereocenters. The molecule has 0 saturated carbocycles. The van der Waals surface area contributed by atoms with E-state index in [-0.39, 0.29) is 6.61 Å². The van der Waals surface area contributed by atoms with Gasteiger partial charge in [0.2, 0.25) is 0 Å². The van der Waals surface area contributed by atoms with Gasteiger partial charge in [0.25, 0.3) is 0 Å². The van der Waals surface area contributed by atoms with Gasteiger partial charge in [-0.3, -0.25) is 0 Å². The molecule has 0 radical (unpaired) electrons. The molecule has 2 rings (SSSR count). The second-order valence-corrected chi connectivity index (χ2v) is 5.98. The highest BCUT2D eigenvalue weighted by Gasteiger charge is 2.04. The van der Waals surface area contributed by atoms with Crippen LogP contribution in [0.1, 0.15) is 5.56 Å². The predicted octanol–water partition coefficient (Wildman–Crippen LogP) is 4.05. The molecule has 1 nitrogen and oxygen atoms in total. The van der Waals surface area contributed by atoms with E-state index in [1.807, 2.05) is 36.4 Å². The number of aliphatic hydroxyl groups is 1. The first-order chi connectivity index (χ1) is 7.29. The van der Waals surface area contributed by atoms with Gasteiger partial charge in [-0.1, -0.05) is 41.6 Å². The van der Waals surface area contributed by atoms with Crippen molar-refractivity contribution >= 4 is 34.7 Å². The maximum absolute atomic E-state index is 9.17. The summed E-state index contributed by atoms with van der Waals surface area (Å²) in [5.74, 6) is 0. The van der Waals surface area contributed by atoms with Crippen LogP contribution in [0.5, 0.6) is 0 Å². The molecule has 1 aromatic carbocycles. The Balaban J connectivity index is 2.23. The van der Waals surface area contributed by atoms with Crippen LogP contribution in [-0.2, 0) is 6.61 Å². The topological polar surface area (TPSA) is 20.2 Å². The molecule has 4 heteroatoms. The van der Waals surface area contributed by atoms with Gasteiger partial charge in [0.1, 0.15) is 0 Å². The van der Waals surface area contributed by atoms with Crippen molar-refractivity contribution in [2.45, 2.75) is 15.7 Å². The fraction of sp³-hybridized carbons (Fsp3) is 0.0909. The largest absolute Gasteiger partial charge is 0.392 e. The summed E-state index contributed by atoms with van der Waals surface area (Å²) in [5.41, 5.74) is 0.951. The Morgan fingerprint density at radius 3 is 2.67 bits per heavy atom. The molecule has 0 fully saturated rings. The first kappa shape index (κ1) is 11.0. The maximum Gasteiger partial charge on any atom is 0.0940 e. The maximum atomic E-state index is 9.17. The van der Waals surface area contributed by atoms with E-state index in [0.717, 1.165) is 19.0 Å². The van der Waals surface area contributed by atoms with Crippen LogP contribution in [0.4, 0.5) is 0 Å². The number of aliphatic hydroxyl groups excluding tert-OH is 1. The van der Waals surface area contributed by atoms with E-state index in [2.05, 4.69) is 0 Å². The third-order valence-corrected chi connectivity index (χ3v) is 4.38. The van der Waals surface area contributed by atoms with E-state index in [9.17, 15) is 0 Å². The fourth-order valence-corrected chi connectivity index (χ4v) is 3.58. The molecule has 0 aliphatic carbocycles. The highest BCUT2D eigenvalue weighted by molar-refractivity contribution is 8.01. The van der Waals surface area contributed by atoms with Crippen LogP contribution in [0.3, 0.4) is 0 Å². The van der Waals surface area contributed by atoms with Crippen LogP contribution >= 0.6 is 34.7 Å². The lowest BCUT2D eigenvalue weighted by atomic mass is 10.2. The number of thiophene rings is 1. The van der Waals surface area contributed by atoms with E-state index in [0.29, 0.717) is 0 Å².